The summed E-state index contributed by atoms with van der Waals surface area (Å²) < 4.78 is 26.4. The zero-order chi connectivity index (χ0) is 14.6. The van der Waals surface area contributed by atoms with Crippen LogP contribution in [0.15, 0.2) is 35.7 Å². The van der Waals surface area contributed by atoms with E-state index in [-0.39, 0.29) is 11.6 Å². The molecule has 1 heterocycles. The first-order chi connectivity index (χ1) is 9.53. The molecule has 0 amide bonds. The van der Waals surface area contributed by atoms with Gasteiger partial charge in [-0.25, -0.2) is 4.98 Å². The van der Waals surface area contributed by atoms with Crippen molar-refractivity contribution in [1.82, 2.24) is 9.97 Å². The third-order valence-corrected chi connectivity index (χ3v) is 3.94. The van der Waals surface area contributed by atoms with E-state index in [2.05, 4.69) is 26.5 Å². The van der Waals surface area contributed by atoms with Gasteiger partial charge in [0.15, 0.2) is 5.03 Å². The number of anilines is 1. The highest BCUT2D eigenvalue weighted by Crippen LogP contribution is 2.21. The number of nitrogens with one attached hydrogen (secondary N) is 2. The Hall–Kier alpha value is -2.01. The van der Waals surface area contributed by atoms with Crippen molar-refractivity contribution in [2.75, 3.05) is 11.3 Å². The highest BCUT2D eigenvalue weighted by molar-refractivity contribution is 7.92. The Kier molecular flexibility index (Phi) is 4.29. The highest BCUT2D eigenvalue weighted by Gasteiger charge is 2.15. The van der Waals surface area contributed by atoms with Crippen LogP contribution in [0.2, 0.25) is 5.02 Å². The van der Waals surface area contributed by atoms with E-state index in [0.717, 1.165) is 0 Å². The van der Waals surface area contributed by atoms with Gasteiger partial charge < -0.3 is 10.7 Å². The number of aromatic nitrogens is 2. The molecule has 0 aliphatic carbocycles. The van der Waals surface area contributed by atoms with Gasteiger partial charge in [0.2, 0.25) is 0 Å². The molecule has 8 heteroatoms. The van der Waals surface area contributed by atoms with Crippen LogP contribution in [0.1, 0.15) is 5.56 Å². The SMILES string of the molecule is NCC#Cc1cc(NS(=O)(=O)c2cnc[nH]2)ccc1Cl. The number of halogens is 1. The minimum atomic E-state index is -3.70. The predicted molar refractivity (Wildman–Crippen MR) is 76.8 cm³/mol. The molecule has 0 saturated carbocycles. The number of nitrogens with two attached hydrogens (primary N) is 1. The van der Waals surface area contributed by atoms with Crippen LogP contribution in [0.5, 0.6) is 0 Å². The third-order valence-electron chi connectivity index (χ3n) is 2.31. The fourth-order valence-corrected chi connectivity index (χ4v) is 2.55. The van der Waals surface area contributed by atoms with E-state index in [1.54, 1.807) is 18.2 Å². The lowest BCUT2D eigenvalue weighted by Crippen LogP contribution is -2.13. The van der Waals surface area contributed by atoms with Crippen molar-refractivity contribution >= 4 is 27.3 Å². The number of aromatic amines is 1. The van der Waals surface area contributed by atoms with Gasteiger partial charge in [0, 0.05) is 5.56 Å². The van der Waals surface area contributed by atoms with Crippen molar-refractivity contribution < 1.29 is 8.42 Å². The van der Waals surface area contributed by atoms with Gasteiger partial charge in [0.1, 0.15) is 0 Å². The number of H-pyrrole nitrogens is 1. The van der Waals surface area contributed by atoms with Crippen LogP contribution in [-0.4, -0.2) is 24.9 Å². The monoisotopic (exact) mass is 310 g/mol. The predicted octanol–water partition coefficient (Wildman–Crippen LogP) is 1.17. The van der Waals surface area contributed by atoms with Crippen molar-refractivity contribution in [3.05, 3.63) is 41.3 Å². The second-order valence-electron chi connectivity index (χ2n) is 3.72. The number of rotatable bonds is 3. The molecular weight excluding hydrogens is 300 g/mol. The highest BCUT2D eigenvalue weighted by atomic mass is 35.5. The average Bonchev–Trinajstić information content (AvgIpc) is 2.94. The molecule has 104 valence electrons. The van der Waals surface area contributed by atoms with Crippen LogP contribution in [-0.2, 0) is 10.0 Å². The number of nitrogens with zero attached hydrogens (tertiary/aromatic N) is 1. The molecule has 4 N–H and O–H groups in total. The molecular formula is C12H11ClN4O2S. The lowest BCUT2D eigenvalue weighted by atomic mass is 10.2. The van der Waals surface area contributed by atoms with Gasteiger partial charge in [0.25, 0.3) is 10.0 Å². The van der Waals surface area contributed by atoms with Crippen LogP contribution in [0.3, 0.4) is 0 Å². The Morgan fingerprint density at radius 1 is 1.45 bits per heavy atom. The van der Waals surface area contributed by atoms with Gasteiger partial charge in [-0.3, -0.25) is 4.72 Å². The second kappa shape index (κ2) is 5.96. The second-order valence-corrected chi connectivity index (χ2v) is 5.78. The van der Waals surface area contributed by atoms with E-state index >= 15 is 0 Å². The minimum absolute atomic E-state index is 0.0259. The molecule has 1 aromatic carbocycles. The molecule has 20 heavy (non-hydrogen) atoms. The van der Waals surface area contributed by atoms with E-state index in [9.17, 15) is 8.42 Å². The van der Waals surface area contributed by atoms with Crippen molar-refractivity contribution in [1.29, 1.82) is 0 Å². The molecule has 0 unspecified atom stereocenters. The van der Waals surface area contributed by atoms with E-state index < -0.39 is 10.0 Å². The van der Waals surface area contributed by atoms with Crippen LogP contribution >= 0.6 is 11.6 Å². The lowest BCUT2D eigenvalue weighted by Gasteiger charge is -2.07. The number of imidazole rings is 1. The maximum Gasteiger partial charge on any atom is 0.278 e. The van der Waals surface area contributed by atoms with Gasteiger partial charge in [-0.1, -0.05) is 23.4 Å². The first-order valence-electron chi connectivity index (χ1n) is 5.52. The van der Waals surface area contributed by atoms with E-state index in [4.69, 9.17) is 17.3 Å². The third kappa shape index (κ3) is 3.30. The van der Waals surface area contributed by atoms with Crippen LogP contribution in [0, 0.1) is 11.8 Å². The molecule has 0 atom stereocenters. The lowest BCUT2D eigenvalue weighted by molar-refractivity contribution is 0.598. The summed E-state index contributed by atoms with van der Waals surface area (Å²) in [5, 5.41) is 0.400. The van der Waals surface area contributed by atoms with Crippen molar-refractivity contribution in [2.45, 2.75) is 5.03 Å². The van der Waals surface area contributed by atoms with Gasteiger partial charge >= 0.3 is 0 Å². The molecule has 1 aromatic heterocycles. The van der Waals surface area contributed by atoms with E-state index in [1.165, 1.54) is 12.5 Å². The first kappa shape index (κ1) is 14.4. The molecule has 0 aliphatic rings. The quantitative estimate of drug-likeness (QED) is 0.741. The van der Waals surface area contributed by atoms with E-state index in [0.29, 0.717) is 16.3 Å². The molecule has 0 saturated heterocycles. The van der Waals surface area contributed by atoms with Gasteiger partial charge in [-0.2, -0.15) is 8.42 Å². The summed E-state index contributed by atoms with van der Waals surface area (Å²) in [7, 11) is -3.70. The number of benzene rings is 1. The maximum absolute atomic E-state index is 12.0. The fraction of sp³-hybridized carbons (Fsp3) is 0.0833. The Balaban J connectivity index is 2.31. The van der Waals surface area contributed by atoms with Crippen molar-refractivity contribution in [3.63, 3.8) is 0 Å². The Morgan fingerprint density at radius 3 is 2.90 bits per heavy atom. The number of hydrogen-bond donors (Lipinski definition) is 3. The largest absolute Gasteiger partial charge is 0.334 e. The van der Waals surface area contributed by atoms with Crippen LogP contribution in [0.25, 0.3) is 0 Å². The molecule has 0 fully saturated rings. The topological polar surface area (TPSA) is 101 Å². The smallest absolute Gasteiger partial charge is 0.278 e. The van der Waals surface area contributed by atoms with Crippen LogP contribution < -0.4 is 10.5 Å². The Morgan fingerprint density at radius 2 is 2.25 bits per heavy atom. The maximum atomic E-state index is 12.0. The first-order valence-corrected chi connectivity index (χ1v) is 7.39. The Labute approximate surface area is 121 Å². The summed E-state index contributed by atoms with van der Waals surface area (Å²) in [5.41, 5.74) is 6.15. The summed E-state index contributed by atoms with van der Waals surface area (Å²) in [6.07, 6.45) is 2.50. The standard InChI is InChI=1S/C12H11ClN4O2S/c13-11-4-3-10(6-9(11)2-1-5-14)17-20(18,19)12-7-15-8-16-12/h3-4,6-8,17H,5,14H2,(H,15,16). The van der Waals surface area contributed by atoms with Crippen LogP contribution in [0.4, 0.5) is 5.69 Å². The summed E-state index contributed by atoms with van der Waals surface area (Å²) in [6.45, 7) is 0.195. The van der Waals surface area contributed by atoms with Gasteiger partial charge in [-0.05, 0) is 18.2 Å². The molecule has 0 radical (unpaired) electrons. The molecule has 2 rings (SSSR count). The summed E-state index contributed by atoms with van der Waals surface area (Å²) in [5.74, 6) is 5.43. The molecule has 0 aliphatic heterocycles. The fourth-order valence-electron chi connectivity index (χ4n) is 1.43. The normalized spacial score (nSPS) is 10.7. The van der Waals surface area contributed by atoms with Gasteiger partial charge in [-0.15, -0.1) is 0 Å². The summed E-state index contributed by atoms with van der Waals surface area (Å²) in [6, 6.07) is 4.65. The minimum Gasteiger partial charge on any atom is -0.334 e. The summed E-state index contributed by atoms with van der Waals surface area (Å²) >= 11 is 5.97. The van der Waals surface area contributed by atoms with Crippen molar-refractivity contribution in [3.8, 4) is 11.8 Å². The molecule has 2 aromatic rings. The molecule has 0 bridgehead atoms. The Bertz CT molecular complexity index is 760. The number of sulfonamides is 1. The van der Waals surface area contributed by atoms with Crippen molar-refractivity contribution in [2.24, 2.45) is 5.73 Å². The molecule has 0 spiro atoms. The number of hydrogen-bond acceptors (Lipinski definition) is 4. The van der Waals surface area contributed by atoms with Gasteiger partial charge in [0.05, 0.1) is 29.8 Å². The molecule has 6 nitrogen and oxygen atoms in total. The average molecular weight is 311 g/mol. The zero-order valence-electron chi connectivity index (χ0n) is 10.2. The zero-order valence-corrected chi connectivity index (χ0v) is 11.8. The van der Waals surface area contributed by atoms with E-state index in [1.807, 2.05) is 0 Å². The summed E-state index contributed by atoms with van der Waals surface area (Å²) in [4.78, 5) is 6.20.